The van der Waals surface area contributed by atoms with Crippen LogP contribution in [0.2, 0.25) is 0 Å². The van der Waals surface area contributed by atoms with Gasteiger partial charge in [0.05, 0.1) is 6.67 Å². The molecule has 0 N–H and O–H groups in total. The van der Waals surface area contributed by atoms with Crippen LogP contribution in [0.15, 0.2) is 54.6 Å². The van der Waals surface area contributed by atoms with Crippen molar-refractivity contribution >= 4 is 12.2 Å². The zero-order chi connectivity index (χ0) is 22.1. The second kappa shape index (κ2) is 9.05. The molecule has 2 aromatic carbocycles. The fourth-order valence-corrected chi connectivity index (χ4v) is 4.75. The zero-order valence-corrected chi connectivity index (χ0v) is 19.4. The summed E-state index contributed by atoms with van der Waals surface area (Å²) >= 11 is 5.91. The molecule has 1 fully saturated rings. The van der Waals surface area contributed by atoms with Crippen molar-refractivity contribution in [2.75, 3.05) is 33.8 Å². The van der Waals surface area contributed by atoms with Crippen LogP contribution in [0.3, 0.4) is 0 Å². The lowest BCUT2D eigenvalue weighted by atomic mass is 10.0. The lowest BCUT2D eigenvalue weighted by Gasteiger charge is -2.34. The van der Waals surface area contributed by atoms with Crippen molar-refractivity contribution in [3.05, 3.63) is 65.2 Å². The van der Waals surface area contributed by atoms with Crippen LogP contribution in [0, 0.1) is 4.77 Å². The molecule has 1 saturated heterocycles. The zero-order valence-electron chi connectivity index (χ0n) is 18.6. The van der Waals surface area contributed by atoms with Crippen LogP contribution in [0.25, 0.3) is 5.69 Å². The third-order valence-corrected chi connectivity index (χ3v) is 6.74. The molecule has 1 atom stereocenters. The summed E-state index contributed by atoms with van der Waals surface area (Å²) in [6.45, 7) is 3.28. The van der Waals surface area contributed by atoms with Gasteiger partial charge in [0.25, 0.3) is 0 Å². The van der Waals surface area contributed by atoms with Crippen molar-refractivity contribution < 1.29 is 9.47 Å². The molecule has 3 heterocycles. The van der Waals surface area contributed by atoms with Gasteiger partial charge in [-0.25, -0.2) is 4.68 Å². The third kappa shape index (κ3) is 4.18. The molecule has 0 amide bonds. The van der Waals surface area contributed by atoms with Gasteiger partial charge in [-0.05, 0) is 76.5 Å². The molecule has 2 aliphatic rings. The lowest BCUT2D eigenvalue weighted by molar-refractivity contribution is 0.0821. The Morgan fingerprint density at radius 2 is 1.72 bits per heavy atom. The molecule has 168 valence electrons. The van der Waals surface area contributed by atoms with Crippen LogP contribution < -0.4 is 9.47 Å². The average Bonchev–Trinajstić information content (AvgIpc) is 3.15. The van der Waals surface area contributed by atoms with Crippen molar-refractivity contribution in [3.8, 4) is 17.2 Å². The van der Waals surface area contributed by atoms with Gasteiger partial charge in [0, 0.05) is 11.7 Å². The standard InChI is InChI=1S/C24H29N5O2S/c1-26-14-12-18(13-15-26)27(2)17-28-24(32)29(19-8-4-3-5-9-19)23(25-28)22-16-30-20-10-6-7-11-21(20)31-22/h3-11,18,22H,12-17H2,1-2H3. The number of para-hydroxylation sites is 3. The Kier molecular flexibility index (Phi) is 5.99. The topological polar surface area (TPSA) is 47.7 Å². The molecule has 0 spiro atoms. The van der Waals surface area contributed by atoms with Crippen LogP contribution in [0.4, 0.5) is 0 Å². The Balaban J connectivity index is 1.47. The second-order valence-corrected chi connectivity index (χ2v) is 8.97. The molecular weight excluding hydrogens is 422 g/mol. The highest BCUT2D eigenvalue weighted by Crippen LogP contribution is 2.36. The number of ether oxygens (including phenoxy) is 2. The van der Waals surface area contributed by atoms with Gasteiger partial charge in [0.2, 0.25) is 4.77 Å². The SMILES string of the molecule is CN1CCC(N(C)Cn2nc(C3COc4ccccc4O3)n(-c3ccccc3)c2=S)CC1. The molecular formula is C24H29N5O2S. The van der Waals surface area contributed by atoms with E-state index in [0.717, 1.165) is 48.9 Å². The molecule has 1 unspecified atom stereocenters. The minimum absolute atomic E-state index is 0.346. The molecule has 5 rings (SSSR count). The fourth-order valence-electron chi connectivity index (χ4n) is 4.45. The van der Waals surface area contributed by atoms with Gasteiger partial charge in [0.1, 0.15) is 6.61 Å². The van der Waals surface area contributed by atoms with E-state index in [4.69, 9.17) is 26.8 Å². The first kappa shape index (κ1) is 21.2. The normalized spacial score (nSPS) is 19.4. The summed E-state index contributed by atoms with van der Waals surface area (Å²) in [6, 6.07) is 18.4. The van der Waals surface area contributed by atoms with Gasteiger partial charge in [-0.15, -0.1) is 0 Å². The summed E-state index contributed by atoms with van der Waals surface area (Å²) in [5.41, 5.74) is 0.975. The monoisotopic (exact) mass is 451 g/mol. The minimum Gasteiger partial charge on any atom is -0.485 e. The lowest BCUT2D eigenvalue weighted by Crippen LogP contribution is -2.42. The number of benzene rings is 2. The quantitative estimate of drug-likeness (QED) is 0.549. The largest absolute Gasteiger partial charge is 0.485 e. The number of rotatable bonds is 5. The number of hydrogen-bond acceptors (Lipinski definition) is 6. The summed E-state index contributed by atoms with van der Waals surface area (Å²) in [5.74, 6) is 2.25. The van der Waals surface area contributed by atoms with E-state index < -0.39 is 0 Å². The molecule has 0 bridgehead atoms. The number of piperidine rings is 1. The highest BCUT2D eigenvalue weighted by atomic mass is 32.1. The maximum absolute atomic E-state index is 6.29. The van der Waals surface area contributed by atoms with E-state index in [0.29, 0.717) is 24.1 Å². The van der Waals surface area contributed by atoms with E-state index >= 15 is 0 Å². The number of likely N-dealkylation sites (tertiary alicyclic amines) is 1. The first-order valence-corrected chi connectivity index (χ1v) is 11.5. The number of nitrogens with zero attached hydrogens (tertiary/aromatic N) is 5. The first-order chi connectivity index (χ1) is 15.6. The van der Waals surface area contributed by atoms with Crippen molar-refractivity contribution in [1.82, 2.24) is 24.1 Å². The molecule has 3 aromatic rings. The Labute approximate surface area is 193 Å². The van der Waals surface area contributed by atoms with Crippen molar-refractivity contribution in [2.45, 2.75) is 31.7 Å². The van der Waals surface area contributed by atoms with E-state index in [9.17, 15) is 0 Å². The Morgan fingerprint density at radius 3 is 2.47 bits per heavy atom. The van der Waals surface area contributed by atoms with Crippen LogP contribution in [-0.2, 0) is 6.67 Å². The summed E-state index contributed by atoms with van der Waals surface area (Å²) in [6.07, 6.45) is 1.97. The maximum atomic E-state index is 6.29. The fraction of sp³-hybridized carbons (Fsp3) is 0.417. The van der Waals surface area contributed by atoms with Crippen LogP contribution in [-0.4, -0.2) is 64.0 Å². The molecule has 8 heteroatoms. The smallest absolute Gasteiger partial charge is 0.203 e. The Hall–Kier alpha value is -2.68. The highest BCUT2D eigenvalue weighted by molar-refractivity contribution is 7.71. The van der Waals surface area contributed by atoms with E-state index in [1.165, 1.54) is 0 Å². The molecule has 2 aliphatic heterocycles. The number of hydrogen-bond donors (Lipinski definition) is 0. The van der Waals surface area contributed by atoms with Crippen molar-refractivity contribution in [2.24, 2.45) is 0 Å². The molecule has 0 radical (unpaired) electrons. The molecule has 7 nitrogen and oxygen atoms in total. The van der Waals surface area contributed by atoms with Crippen LogP contribution in [0.1, 0.15) is 24.8 Å². The maximum Gasteiger partial charge on any atom is 0.203 e. The highest BCUT2D eigenvalue weighted by Gasteiger charge is 2.29. The summed E-state index contributed by atoms with van der Waals surface area (Å²) in [5, 5.41) is 4.95. The molecule has 1 aromatic heterocycles. The van der Waals surface area contributed by atoms with E-state index in [1.807, 2.05) is 63.8 Å². The third-order valence-electron chi connectivity index (χ3n) is 6.34. The van der Waals surface area contributed by atoms with E-state index in [-0.39, 0.29) is 6.10 Å². The average molecular weight is 452 g/mol. The Bertz CT molecular complexity index is 1120. The number of fused-ring (bicyclic) bond motifs is 1. The van der Waals surface area contributed by atoms with Crippen LogP contribution in [0.5, 0.6) is 11.5 Å². The predicted octanol–water partition coefficient (Wildman–Crippen LogP) is 3.90. The molecule has 0 saturated carbocycles. The summed E-state index contributed by atoms with van der Waals surface area (Å²) < 4.78 is 16.9. The molecule has 32 heavy (non-hydrogen) atoms. The minimum atomic E-state index is -0.346. The molecule has 0 aliphatic carbocycles. The van der Waals surface area contributed by atoms with Crippen molar-refractivity contribution in [3.63, 3.8) is 0 Å². The van der Waals surface area contributed by atoms with E-state index in [1.54, 1.807) is 0 Å². The van der Waals surface area contributed by atoms with Crippen LogP contribution >= 0.6 is 12.2 Å². The van der Waals surface area contributed by atoms with E-state index in [2.05, 4.69) is 23.9 Å². The summed E-state index contributed by atoms with van der Waals surface area (Å²) in [4.78, 5) is 4.75. The first-order valence-electron chi connectivity index (χ1n) is 11.1. The van der Waals surface area contributed by atoms with Gasteiger partial charge >= 0.3 is 0 Å². The van der Waals surface area contributed by atoms with Gasteiger partial charge in [-0.2, -0.15) is 5.10 Å². The number of aromatic nitrogens is 3. The predicted molar refractivity (Wildman–Crippen MR) is 126 cm³/mol. The summed E-state index contributed by atoms with van der Waals surface area (Å²) in [7, 11) is 4.35. The van der Waals surface area contributed by atoms with Gasteiger partial charge in [-0.3, -0.25) is 9.47 Å². The van der Waals surface area contributed by atoms with Gasteiger partial charge < -0.3 is 14.4 Å². The second-order valence-electron chi connectivity index (χ2n) is 8.61. The van der Waals surface area contributed by atoms with Crippen molar-refractivity contribution in [1.29, 1.82) is 0 Å². The Morgan fingerprint density at radius 1 is 1.03 bits per heavy atom. The van der Waals surface area contributed by atoms with Gasteiger partial charge in [0.15, 0.2) is 23.4 Å². The van der Waals surface area contributed by atoms with Gasteiger partial charge in [-0.1, -0.05) is 30.3 Å².